The number of nitrogens with one attached hydrogen (secondary N) is 1. The topological polar surface area (TPSA) is 67.4 Å². The van der Waals surface area contributed by atoms with E-state index in [0.29, 0.717) is 22.6 Å². The lowest BCUT2D eigenvalue weighted by Gasteiger charge is -2.14. The molecule has 3 aromatic rings. The first-order valence-electron chi connectivity index (χ1n) is 8.71. The summed E-state index contributed by atoms with van der Waals surface area (Å²) in [4.78, 5) is 23.0. The second kappa shape index (κ2) is 8.04. The Kier molecular flexibility index (Phi) is 5.54. The number of aryl methyl sites for hydroxylation is 2. The molecule has 28 heavy (non-hydrogen) atoms. The number of hydrogen-bond donors (Lipinski definition) is 1. The molecule has 6 nitrogen and oxygen atoms in total. The molecular weight excluding hydrogens is 359 g/mol. The maximum absolute atomic E-state index is 13.8. The van der Waals surface area contributed by atoms with Gasteiger partial charge in [0.25, 0.3) is 5.91 Å². The first-order chi connectivity index (χ1) is 13.3. The average molecular weight is 380 g/mol. The molecule has 0 fully saturated rings. The normalized spacial score (nSPS) is 10.5. The van der Waals surface area contributed by atoms with Crippen molar-refractivity contribution in [2.75, 3.05) is 24.3 Å². The summed E-state index contributed by atoms with van der Waals surface area (Å²) >= 11 is 0. The van der Waals surface area contributed by atoms with Crippen LogP contribution in [0.25, 0.3) is 0 Å². The largest absolute Gasteiger partial charge is 0.421 e. The molecule has 0 aliphatic rings. The van der Waals surface area contributed by atoms with Gasteiger partial charge in [-0.25, -0.2) is 4.39 Å². The number of nitrogens with zero attached hydrogens (tertiary/aromatic N) is 3. The van der Waals surface area contributed by atoms with Crippen molar-refractivity contribution in [1.29, 1.82) is 0 Å². The number of rotatable bonds is 5. The molecule has 1 aromatic heterocycles. The zero-order valence-electron chi connectivity index (χ0n) is 16.2. The van der Waals surface area contributed by atoms with E-state index < -0.39 is 5.82 Å². The van der Waals surface area contributed by atoms with Crippen LogP contribution in [-0.2, 0) is 0 Å². The summed E-state index contributed by atoms with van der Waals surface area (Å²) in [7, 11) is 3.87. The van der Waals surface area contributed by atoms with Gasteiger partial charge in [0.05, 0.1) is 17.1 Å². The summed E-state index contributed by atoms with van der Waals surface area (Å²) in [6.07, 6.45) is 0. The zero-order chi connectivity index (χ0) is 20.3. The van der Waals surface area contributed by atoms with Crippen molar-refractivity contribution in [3.63, 3.8) is 0 Å². The Labute approximate surface area is 163 Å². The van der Waals surface area contributed by atoms with Crippen LogP contribution in [-0.4, -0.2) is 30.0 Å². The van der Waals surface area contributed by atoms with Gasteiger partial charge in [-0.3, -0.25) is 4.79 Å². The molecule has 0 unspecified atom stereocenters. The standard InChI is InChI=1S/C21H21FN4O2/c1-13-19(25-20(27)15-9-11-16(12-10-15)26(3)4)14(2)24-21(23-13)28-18-8-6-5-7-17(18)22/h5-12H,1-4H3,(H,25,27). The van der Waals surface area contributed by atoms with Gasteiger partial charge in [0.2, 0.25) is 0 Å². The lowest BCUT2D eigenvalue weighted by molar-refractivity contribution is 0.102. The van der Waals surface area contributed by atoms with Crippen LogP contribution in [0.1, 0.15) is 21.7 Å². The molecule has 1 amide bonds. The summed E-state index contributed by atoms with van der Waals surface area (Å²) in [6, 6.07) is 13.3. The third-order valence-corrected chi connectivity index (χ3v) is 4.17. The predicted molar refractivity (Wildman–Crippen MR) is 107 cm³/mol. The number of amides is 1. The van der Waals surface area contributed by atoms with E-state index >= 15 is 0 Å². The lowest BCUT2D eigenvalue weighted by atomic mass is 10.1. The number of carbonyl (C=O) groups is 1. The van der Waals surface area contributed by atoms with Crippen molar-refractivity contribution in [2.24, 2.45) is 0 Å². The highest BCUT2D eigenvalue weighted by Gasteiger charge is 2.15. The number of ether oxygens (including phenoxy) is 1. The number of hydrogen-bond acceptors (Lipinski definition) is 5. The number of aromatic nitrogens is 2. The summed E-state index contributed by atoms with van der Waals surface area (Å²) < 4.78 is 19.2. The minimum absolute atomic E-state index is 0.0217. The van der Waals surface area contributed by atoms with Crippen LogP contribution in [0, 0.1) is 19.7 Å². The van der Waals surface area contributed by atoms with Crippen LogP contribution >= 0.6 is 0 Å². The molecule has 0 bridgehead atoms. The minimum Gasteiger partial charge on any atom is -0.421 e. The van der Waals surface area contributed by atoms with Gasteiger partial charge in [-0.15, -0.1) is 0 Å². The summed E-state index contributed by atoms with van der Waals surface area (Å²) in [6.45, 7) is 3.46. The number of para-hydroxylation sites is 1. The quantitative estimate of drug-likeness (QED) is 0.713. The molecule has 7 heteroatoms. The van der Waals surface area contributed by atoms with Gasteiger partial charge in [-0.2, -0.15) is 9.97 Å². The summed E-state index contributed by atoms with van der Waals surface area (Å²) in [5, 5.41) is 2.84. The van der Waals surface area contributed by atoms with E-state index in [2.05, 4.69) is 15.3 Å². The molecule has 0 atom stereocenters. The SMILES string of the molecule is Cc1nc(Oc2ccccc2F)nc(C)c1NC(=O)c1ccc(N(C)C)cc1. The Morgan fingerprint density at radius 3 is 2.18 bits per heavy atom. The Morgan fingerprint density at radius 2 is 1.61 bits per heavy atom. The fourth-order valence-corrected chi connectivity index (χ4v) is 2.63. The summed E-state index contributed by atoms with van der Waals surface area (Å²) in [5.41, 5.74) is 3.08. The van der Waals surface area contributed by atoms with Gasteiger partial charge in [-0.05, 0) is 50.2 Å². The van der Waals surface area contributed by atoms with E-state index in [1.165, 1.54) is 12.1 Å². The van der Waals surface area contributed by atoms with E-state index in [9.17, 15) is 9.18 Å². The van der Waals surface area contributed by atoms with Crippen LogP contribution in [0.2, 0.25) is 0 Å². The van der Waals surface area contributed by atoms with Crippen molar-refractivity contribution in [1.82, 2.24) is 9.97 Å². The highest BCUT2D eigenvalue weighted by Crippen LogP contribution is 2.25. The Hall–Kier alpha value is -3.48. The van der Waals surface area contributed by atoms with Crippen molar-refractivity contribution < 1.29 is 13.9 Å². The van der Waals surface area contributed by atoms with E-state index in [0.717, 1.165) is 5.69 Å². The molecule has 0 saturated carbocycles. The van der Waals surface area contributed by atoms with Gasteiger partial charge < -0.3 is 15.0 Å². The maximum atomic E-state index is 13.8. The highest BCUT2D eigenvalue weighted by atomic mass is 19.1. The van der Waals surface area contributed by atoms with E-state index in [4.69, 9.17) is 4.74 Å². The first-order valence-corrected chi connectivity index (χ1v) is 8.71. The highest BCUT2D eigenvalue weighted by molar-refractivity contribution is 6.05. The molecular formula is C21H21FN4O2. The maximum Gasteiger partial charge on any atom is 0.322 e. The predicted octanol–water partition coefficient (Wildman–Crippen LogP) is 4.34. The van der Waals surface area contributed by atoms with E-state index in [1.807, 2.05) is 31.1 Å². The Morgan fingerprint density at radius 1 is 1.00 bits per heavy atom. The lowest BCUT2D eigenvalue weighted by Crippen LogP contribution is -2.16. The average Bonchev–Trinajstić information content (AvgIpc) is 2.66. The molecule has 0 aliphatic carbocycles. The van der Waals surface area contributed by atoms with Gasteiger partial charge in [0.1, 0.15) is 0 Å². The molecule has 0 radical (unpaired) electrons. The van der Waals surface area contributed by atoms with Crippen molar-refractivity contribution in [3.8, 4) is 11.8 Å². The number of anilines is 2. The van der Waals surface area contributed by atoms with E-state index in [1.54, 1.807) is 38.1 Å². The monoisotopic (exact) mass is 380 g/mol. The summed E-state index contributed by atoms with van der Waals surface area (Å²) in [5.74, 6) is -0.720. The molecule has 144 valence electrons. The minimum atomic E-state index is -0.500. The second-order valence-corrected chi connectivity index (χ2v) is 6.48. The van der Waals surface area contributed by atoms with Gasteiger partial charge in [0.15, 0.2) is 11.6 Å². The number of halogens is 1. The van der Waals surface area contributed by atoms with Crippen LogP contribution in [0.3, 0.4) is 0 Å². The third kappa shape index (κ3) is 4.25. The Balaban J connectivity index is 1.79. The fourth-order valence-electron chi connectivity index (χ4n) is 2.63. The van der Waals surface area contributed by atoms with Gasteiger partial charge >= 0.3 is 6.01 Å². The Bertz CT molecular complexity index is 981. The van der Waals surface area contributed by atoms with Crippen LogP contribution in [0.4, 0.5) is 15.8 Å². The van der Waals surface area contributed by atoms with Crippen LogP contribution in [0.5, 0.6) is 11.8 Å². The van der Waals surface area contributed by atoms with Crippen molar-refractivity contribution in [3.05, 3.63) is 71.3 Å². The van der Waals surface area contributed by atoms with E-state index in [-0.39, 0.29) is 17.7 Å². The number of benzene rings is 2. The zero-order valence-corrected chi connectivity index (χ0v) is 16.2. The molecule has 0 aliphatic heterocycles. The molecule has 2 aromatic carbocycles. The number of carbonyl (C=O) groups excluding carboxylic acids is 1. The van der Waals surface area contributed by atoms with Crippen LogP contribution in [0.15, 0.2) is 48.5 Å². The second-order valence-electron chi connectivity index (χ2n) is 6.48. The third-order valence-electron chi connectivity index (χ3n) is 4.17. The fraction of sp³-hybridized carbons (Fsp3) is 0.190. The molecule has 0 saturated heterocycles. The van der Waals surface area contributed by atoms with Gasteiger partial charge in [-0.1, -0.05) is 12.1 Å². The molecule has 3 rings (SSSR count). The molecule has 0 spiro atoms. The van der Waals surface area contributed by atoms with Crippen molar-refractivity contribution in [2.45, 2.75) is 13.8 Å². The molecule has 1 heterocycles. The van der Waals surface area contributed by atoms with Gasteiger partial charge in [0, 0.05) is 25.3 Å². The smallest absolute Gasteiger partial charge is 0.322 e. The van der Waals surface area contributed by atoms with Crippen molar-refractivity contribution >= 4 is 17.3 Å². The van der Waals surface area contributed by atoms with Crippen LogP contribution < -0.4 is 15.0 Å². The molecule has 1 N–H and O–H groups in total. The first kappa shape index (κ1) is 19.3.